The number of nitrogens with one attached hydrogen (secondary N) is 1. The molecule has 0 fully saturated rings. The fourth-order valence-corrected chi connectivity index (χ4v) is 3.62. The zero-order valence-electron chi connectivity index (χ0n) is 14.4. The lowest BCUT2D eigenvalue weighted by atomic mass is 9.97. The van der Waals surface area contributed by atoms with Crippen molar-refractivity contribution < 1.29 is 18.3 Å². The van der Waals surface area contributed by atoms with Gasteiger partial charge in [-0.25, -0.2) is 8.42 Å². The predicted molar refractivity (Wildman–Crippen MR) is 98.4 cm³/mol. The number of hydrogen-bond acceptors (Lipinski definition) is 3. The van der Waals surface area contributed by atoms with Crippen molar-refractivity contribution in [1.29, 1.82) is 0 Å². The Morgan fingerprint density at radius 1 is 1.12 bits per heavy atom. The summed E-state index contributed by atoms with van der Waals surface area (Å²) in [6.07, 6.45) is 1.31. The van der Waals surface area contributed by atoms with Gasteiger partial charge in [-0.2, -0.15) is 0 Å². The second-order valence-corrected chi connectivity index (χ2v) is 7.72. The standard InChI is InChI=1S/C19H23NO4S/c1-3-14(2)17-6-4-5-7-18(17)20-25(23,24)16-11-8-15(9-12-16)10-13-19(21)22/h4-9,11-12,14,20H,3,10,13H2,1-2H3,(H,21,22)/t14-/m1/s1. The molecule has 0 aliphatic heterocycles. The quantitative estimate of drug-likeness (QED) is 0.744. The molecule has 1 atom stereocenters. The van der Waals surface area contributed by atoms with Crippen LogP contribution >= 0.6 is 0 Å². The van der Waals surface area contributed by atoms with Crippen LogP contribution in [0.5, 0.6) is 0 Å². The van der Waals surface area contributed by atoms with Gasteiger partial charge in [-0.05, 0) is 48.1 Å². The van der Waals surface area contributed by atoms with Crippen molar-refractivity contribution in [2.45, 2.75) is 43.9 Å². The van der Waals surface area contributed by atoms with Gasteiger partial charge in [0, 0.05) is 6.42 Å². The number of sulfonamides is 1. The number of aryl methyl sites for hydroxylation is 1. The Hall–Kier alpha value is -2.34. The van der Waals surface area contributed by atoms with Gasteiger partial charge in [0.2, 0.25) is 0 Å². The van der Waals surface area contributed by atoms with Crippen LogP contribution in [0.1, 0.15) is 43.7 Å². The summed E-state index contributed by atoms with van der Waals surface area (Å²) in [5, 5.41) is 8.71. The Morgan fingerprint density at radius 3 is 2.36 bits per heavy atom. The van der Waals surface area contributed by atoms with E-state index in [9.17, 15) is 13.2 Å². The Bertz CT molecular complexity index is 829. The maximum Gasteiger partial charge on any atom is 0.303 e. The highest BCUT2D eigenvalue weighted by molar-refractivity contribution is 7.92. The first kappa shape index (κ1) is 19.0. The van der Waals surface area contributed by atoms with Gasteiger partial charge in [0.25, 0.3) is 10.0 Å². The molecule has 134 valence electrons. The summed E-state index contributed by atoms with van der Waals surface area (Å²) in [4.78, 5) is 10.8. The van der Waals surface area contributed by atoms with Crippen molar-refractivity contribution in [3.8, 4) is 0 Å². The van der Waals surface area contributed by atoms with Gasteiger partial charge in [0.05, 0.1) is 10.6 Å². The minimum atomic E-state index is -3.69. The topological polar surface area (TPSA) is 83.5 Å². The van der Waals surface area contributed by atoms with Crippen LogP contribution in [0.3, 0.4) is 0 Å². The summed E-state index contributed by atoms with van der Waals surface area (Å²) in [6, 6.07) is 13.7. The number of rotatable bonds is 8. The highest BCUT2D eigenvalue weighted by Gasteiger charge is 2.17. The second-order valence-electron chi connectivity index (χ2n) is 6.04. The highest BCUT2D eigenvalue weighted by atomic mass is 32.2. The van der Waals surface area contributed by atoms with Crippen LogP contribution in [0.25, 0.3) is 0 Å². The third kappa shape index (κ3) is 5.06. The summed E-state index contributed by atoms with van der Waals surface area (Å²) in [6.45, 7) is 4.12. The number of aliphatic carboxylic acids is 1. The van der Waals surface area contributed by atoms with Crippen LogP contribution in [0, 0.1) is 0 Å². The first-order chi connectivity index (χ1) is 11.8. The van der Waals surface area contributed by atoms with Gasteiger partial charge in [-0.15, -0.1) is 0 Å². The van der Waals surface area contributed by atoms with Gasteiger partial charge in [-0.1, -0.05) is 44.2 Å². The second kappa shape index (κ2) is 8.16. The molecule has 2 N–H and O–H groups in total. The zero-order valence-corrected chi connectivity index (χ0v) is 15.2. The first-order valence-corrected chi connectivity index (χ1v) is 9.74. The SMILES string of the molecule is CC[C@@H](C)c1ccccc1NS(=O)(=O)c1ccc(CCC(=O)O)cc1. The minimum Gasteiger partial charge on any atom is -0.481 e. The molecule has 2 aromatic carbocycles. The maximum absolute atomic E-state index is 12.6. The van der Waals surface area contributed by atoms with E-state index in [0.29, 0.717) is 12.1 Å². The maximum atomic E-state index is 12.6. The lowest BCUT2D eigenvalue weighted by Gasteiger charge is -2.16. The fraction of sp³-hybridized carbons (Fsp3) is 0.316. The molecule has 2 aromatic rings. The van der Waals surface area contributed by atoms with Crippen LogP contribution in [0.2, 0.25) is 0 Å². The lowest BCUT2D eigenvalue weighted by molar-refractivity contribution is -0.136. The first-order valence-electron chi connectivity index (χ1n) is 8.26. The van der Waals surface area contributed by atoms with E-state index in [1.807, 2.05) is 12.1 Å². The van der Waals surface area contributed by atoms with Crippen molar-refractivity contribution in [3.63, 3.8) is 0 Å². The predicted octanol–water partition coefficient (Wildman–Crippen LogP) is 4.02. The van der Waals surface area contributed by atoms with Crippen molar-refractivity contribution in [3.05, 3.63) is 59.7 Å². The van der Waals surface area contributed by atoms with Gasteiger partial charge in [0.15, 0.2) is 0 Å². The van der Waals surface area contributed by atoms with Crippen molar-refractivity contribution in [2.75, 3.05) is 4.72 Å². The molecular weight excluding hydrogens is 338 g/mol. The summed E-state index contributed by atoms with van der Waals surface area (Å²) < 4.78 is 27.9. The molecule has 6 heteroatoms. The molecule has 0 radical (unpaired) electrons. The Balaban J connectivity index is 2.21. The molecule has 0 aliphatic rings. The van der Waals surface area contributed by atoms with Crippen LogP contribution in [0.15, 0.2) is 53.4 Å². The molecule has 0 amide bonds. The third-order valence-electron chi connectivity index (χ3n) is 4.21. The zero-order chi connectivity index (χ0) is 18.4. The normalized spacial score (nSPS) is 12.6. The van der Waals surface area contributed by atoms with E-state index in [2.05, 4.69) is 18.6 Å². The largest absolute Gasteiger partial charge is 0.481 e. The summed E-state index contributed by atoms with van der Waals surface area (Å²) >= 11 is 0. The van der Waals surface area contributed by atoms with E-state index in [1.165, 1.54) is 12.1 Å². The number of carbonyl (C=O) groups is 1. The van der Waals surface area contributed by atoms with E-state index >= 15 is 0 Å². The number of hydrogen-bond donors (Lipinski definition) is 2. The van der Waals surface area contributed by atoms with Crippen LogP contribution in [-0.2, 0) is 21.2 Å². The highest BCUT2D eigenvalue weighted by Crippen LogP contribution is 2.28. The molecule has 25 heavy (non-hydrogen) atoms. The average molecular weight is 361 g/mol. The number of carboxylic acid groups (broad SMARTS) is 1. The molecule has 0 unspecified atom stereocenters. The van der Waals surface area contributed by atoms with Gasteiger partial charge in [0.1, 0.15) is 0 Å². The summed E-state index contributed by atoms with van der Waals surface area (Å²) in [7, 11) is -3.69. The van der Waals surface area contributed by atoms with Crippen LogP contribution in [-0.4, -0.2) is 19.5 Å². The fourth-order valence-electron chi connectivity index (χ4n) is 2.53. The molecule has 0 saturated carbocycles. The number of benzene rings is 2. The van der Waals surface area contributed by atoms with E-state index < -0.39 is 16.0 Å². The van der Waals surface area contributed by atoms with Crippen molar-refractivity contribution >= 4 is 21.7 Å². The average Bonchev–Trinajstić information content (AvgIpc) is 2.60. The number of carboxylic acids is 1. The minimum absolute atomic E-state index is 0.0205. The Labute approximate surface area is 148 Å². The number of anilines is 1. The molecule has 2 rings (SSSR count). The smallest absolute Gasteiger partial charge is 0.303 e. The molecular formula is C19H23NO4S. The number of para-hydroxylation sites is 1. The molecule has 0 spiro atoms. The van der Waals surface area contributed by atoms with Crippen molar-refractivity contribution in [1.82, 2.24) is 0 Å². The Morgan fingerprint density at radius 2 is 1.76 bits per heavy atom. The molecule has 0 aliphatic carbocycles. The Kier molecular flexibility index (Phi) is 6.20. The van der Waals surface area contributed by atoms with Gasteiger partial charge < -0.3 is 5.11 Å². The van der Waals surface area contributed by atoms with E-state index in [-0.39, 0.29) is 17.2 Å². The lowest BCUT2D eigenvalue weighted by Crippen LogP contribution is -2.14. The molecule has 0 heterocycles. The monoisotopic (exact) mass is 361 g/mol. The van der Waals surface area contributed by atoms with Crippen molar-refractivity contribution in [2.24, 2.45) is 0 Å². The van der Waals surface area contributed by atoms with E-state index in [4.69, 9.17) is 5.11 Å². The van der Waals surface area contributed by atoms with Gasteiger partial charge in [-0.3, -0.25) is 9.52 Å². The molecule has 0 bridgehead atoms. The van der Waals surface area contributed by atoms with Crippen LogP contribution < -0.4 is 4.72 Å². The third-order valence-corrected chi connectivity index (χ3v) is 5.59. The molecule has 0 aromatic heterocycles. The van der Waals surface area contributed by atoms with E-state index in [1.54, 1.807) is 24.3 Å². The summed E-state index contributed by atoms with van der Waals surface area (Å²) in [5.41, 5.74) is 2.35. The van der Waals surface area contributed by atoms with Gasteiger partial charge >= 0.3 is 5.97 Å². The van der Waals surface area contributed by atoms with E-state index in [0.717, 1.165) is 17.5 Å². The molecule has 0 saturated heterocycles. The summed E-state index contributed by atoms with van der Waals surface area (Å²) in [5.74, 6) is -0.627. The molecule has 5 nitrogen and oxygen atoms in total. The van der Waals surface area contributed by atoms with Crippen LogP contribution in [0.4, 0.5) is 5.69 Å².